The molecular formula is C29H34ClN3O5S. The number of hydrogen-bond acceptors (Lipinski definition) is 5. The Labute approximate surface area is 235 Å². The molecule has 0 aliphatic heterocycles. The Bertz CT molecular complexity index is 1370. The molecule has 3 aromatic carbocycles. The smallest absolute Gasteiger partial charge is 0.244 e. The van der Waals surface area contributed by atoms with Gasteiger partial charge in [-0.25, -0.2) is 8.42 Å². The highest BCUT2D eigenvalue weighted by Crippen LogP contribution is 2.30. The van der Waals surface area contributed by atoms with Crippen molar-refractivity contribution in [2.45, 2.75) is 38.9 Å². The fourth-order valence-electron chi connectivity index (χ4n) is 4.14. The topological polar surface area (TPSA) is 96.0 Å². The second-order valence-electron chi connectivity index (χ2n) is 9.46. The van der Waals surface area contributed by atoms with Crippen LogP contribution in [0, 0.1) is 0 Å². The van der Waals surface area contributed by atoms with Crippen molar-refractivity contribution in [3.05, 3.63) is 95.0 Å². The summed E-state index contributed by atoms with van der Waals surface area (Å²) in [5.74, 6) is -0.480. The Morgan fingerprint density at radius 2 is 1.54 bits per heavy atom. The number of benzene rings is 3. The zero-order valence-corrected chi connectivity index (χ0v) is 24.1. The van der Waals surface area contributed by atoms with Gasteiger partial charge in [-0.3, -0.25) is 13.9 Å². The van der Waals surface area contributed by atoms with Gasteiger partial charge in [-0.05, 0) is 43.2 Å². The number of hydrogen-bond donors (Lipinski definition) is 1. The lowest BCUT2D eigenvalue weighted by atomic mass is 10.0. The molecule has 8 nitrogen and oxygen atoms in total. The molecule has 3 aromatic rings. The van der Waals surface area contributed by atoms with E-state index >= 15 is 0 Å². The summed E-state index contributed by atoms with van der Waals surface area (Å²) >= 11 is 6.27. The summed E-state index contributed by atoms with van der Waals surface area (Å²) in [6, 6.07) is 22.1. The molecule has 0 saturated carbocycles. The first kappa shape index (κ1) is 30.0. The standard InChI is InChI=1S/C29H34ClN3O5S/c1-21(2)31-29(35)26(17-22-11-7-5-8-12-22)32(19-23-13-9-6-10-14-23)28(34)20-33(39(4,36)37)24-15-16-27(38-3)25(30)18-24/h5-16,18,21,26H,17,19-20H2,1-4H3,(H,31,35)/t26-/m0/s1. The first-order valence-corrected chi connectivity index (χ1v) is 14.7. The van der Waals surface area contributed by atoms with Crippen LogP contribution in [0.5, 0.6) is 5.75 Å². The lowest BCUT2D eigenvalue weighted by Gasteiger charge is -2.34. The average Bonchev–Trinajstić information content (AvgIpc) is 2.89. The molecule has 0 aliphatic rings. The van der Waals surface area contributed by atoms with Crippen LogP contribution in [-0.4, -0.2) is 57.1 Å². The number of halogens is 1. The molecule has 0 fully saturated rings. The van der Waals surface area contributed by atoms with Gasteiger partial charge >= 0.3 is 0 Å². The molecule has 0 aliphatic carbocycles. The number of nitrogens with zero attached hydrogens (tertiary/aromatic N) is 2. The summed E-state index contributed by atoms with van der Waals surface area (Å²) in [6.45, 7) is 3.29. The van der Waals surface area contributed by atoms with E-state index in [1.807, 2.05) is 74.5 Å². The number of carbonyl (C=O) groups excluding carboxylic acids is 2. The monoisotopic (exact) mass is 571 g/mol. The molecule has 0 aromatic heterocycles. The zero-order valence-electron chi connectivity index (χ0n) is 22.5. The van der Waals surface area contributed by atoms with Crippen LogP contribution >= 0.6 is 11.6 Å². The summed E-state index contributed by atoms with van der Waals surface area (Å²) in [5, 5.41) is 3.13. The molecule has 208 valence electrons. The van der Waals surface area contributed by atoms with Gasteiger partial charge in [0.2, 0.25) is 21.8 Å². The van der Waals surface area contributed by atoms with Gasteiger partial charge in [-0.15, -0.1) is 0 Å². The van der Waals surface area contributed by atoms with Crippen LogP contribution in [0.25, 0.3) is 0 Å². The van der Waals surface area contributed by atoms with Crippen LogP contribution in [0.4, 0.5) is 5.69 Å². The highest BCUT2D eigenvalue weighted by Gasteiger charge is 2.33. The first-order chi connectivity index (χ1) is 18.5. The van der Waals surface area contributed by atoms with Crippen LogP contribution in [0.3, 0.4) is 0 Å². The second-order valence-corrected chi connectivity index (χ2v) is 11.8. The normalized spacial score (nSPS) is 12.1. The van der Waals surface area contributed by atoms with Crippen LogP contribution in [0.2, 0.25) is 5.02 Å². The summed E-state index contributed by atoms with van der Waals surface area (Å²) in [7, 11) is -2.44. The van der Waals surface area contributed by atoms with Crippen molar-refractivity contribution in [3.63, 3.8) is 0 Å². The maximum atomic E-state index is 14.0. The Balaban J connectivity index is 2.04. The van der Waals surface area contributed by atoms with Gasteiger partial charge in [0.1, 0.15) is 18.3 Å². The molecule has 2 amide bonds. The van der Waals surface area contributed by atoms with E-state index in [-0.39, 0.29) is 35.6 Å². The molecule has 0 heterocycles. The maximum absolute atomic E-state index is 14.0. The van der Waals surface area contributed by atoms with Crippen LogP contribution in [-0.2, 0) is 32.6 Å². The summed E-state index contributed by atoms with van der Waals surface area (Å²) < 4.78 is 31.9. The molecule has 0 radical (unpaired) electrons. The minimum Gasteiger partial charge on any atom is -0.495 e. The number of anilines is 1. The molecule has 0 bridgehead atoms. The van der Waals surface area contributed by atoms with E-state index in [1.165, 1.54) is 30.2 Å². The minimum atomic E-state index is -3.89. The van der Waals surface area contributed by atoms with Crippen molar-refractivity contribution in [3.8, 4) is 5.75 Å². The van der Waals surface area contributed by atoms with E-state index in [9.17, 15) is 18.0 Å². The lowest BCUT2D eigenvalue weighted by molar-refractivity contribution is -0.140. The number of rotatable bonds is 12. The molecule has 10 heteroatoms. The number of methoxy groups -OCH3 is 1. The molecular weight excluding hydrogens is 538 g/mol. The molecule has 39 heavy (non-hydrogen) atoms. The van der Waals surface area contributed by atoms with Gasteiger partial charge in [0.25, 0.3) is 0 Å². The van der Waals surface area contributed by atoms with Crippen molar-refractivity contribution in [1.82, 2.24) is 10.2 Å². The van der Waals surface area contributed by atoms with E-state index in [1.54, 1.807) is 0 Å². The quantitative estimate of drug-likeness (QED) is 0.350. The van der Waals surface area contributed by atoms with Gasteiger partial charge < -0.3 is 15.0 Å². The third-order valence-corrected chi connectivity index (χ3v) is 7.44. The third kappa shape index (κ3) is 8.46. The largest absolute Gasteiger partial charge is 0.495 e. The summed E-state index contributed by atoms with van der Waals surface area (Å²) in [4.78, 5) is 28.9. The number of sulfonamides is 1. The summed E-state index contributed by atoms with van der Waals surface area (Å²) in [6.07, 6.45) is 1.28. The van der Waals surface area contributed by atoms with Crippen molar-refractivity contribution in [2.24, 2.45) is 0 Å². The highest BCUT2D eigenvalue weighted by atomic mass is 35.5. The Morgan fingerprint density at radius 1 is 0.949 bits per heavy atom. The van der Waals surface area contributed by atoms with Crippen molar-refractivity contribution in [2.75, 3.05) is 24.2 Å². The second kappa shape index (κ2) is 13.5. The summed E-state index contributed by atoms with van der Waals surface area (Å²) in [5.41, 5.74) is 1.89. The SMILES string of the molecule is COc1ccc(N(CC(=O)N(Cc2ccccc2)[C@@H](Cc2ccccc2)C(=O)NC(C)C)S(C)(=O)=O)cc1Cl. The van der Waals surface area contributed by atoms with E-state index < -0.39 is 28.5 Å². The number of ether oxygens (including phenoxy) is 1. The molecule has 3 rings (SSSR count). The third-order valence-electron chi connectivity index (χ3n) is 6.00. The number of carbonyl (C=O) groups is 2. The predicted octanol–water partition coefficient (Wildman–Crippen LogP) is 4.28. The maximum Gasteiger partial charge on any atom is 0.244 e. The number of nitrogens with one attached hydrogen (secondary N) is 1. The molecule has 0 spiro atoms. The predicted molar refractivity (Wildman–Crippen MR) is 154 cm³/mol. The van der Waals surface area contributed by atoms with Crippen LogP contribution in [0.15, 0.2) is 78.9 Å². The minimum absolute atomic E-state index is 0.115. The van der Waals surface area contributed by atoms with E-state index in [0.29, 0.717) is 5.75 Å². The first-order valence-electron chi connectivity index (χ1n) is 12.5. The van der Waals surface area contributed by atoms with Gasteiger partial charge in [0.05, 0.1) is 24.1 Å². The van der Waals surface area contributed by atoms with Crippen molar-refractivity contribution >= 4 is 39.1 Å². The average molecular weight is 572 g/mol. The van der Waals surface area contributed by atoms with Crippen LogP contribution in [0.1, 0.15) is 25.0 Å². The Morgan fingerprint density at radius 3 is 2.05 bits per heavy atom. The van der Waals surface area contributed by atoms with Gasteiger partial charge in [0, 0.05) is 19.0 Å². The van der Waals surface area contributed by atoms with E-state index in [2.05, 4.69) is 5.32 Å². The Hall–Kier alpha value is -3.56. The van der Waals surface area contributed by atoms with Crippen molar-refractivity contribution < 1.29 is 22.7 Å². The molecule has 1 N–H and O–H groups in total. The number of amides is 2. The highest BCUT2D eigenvalue weighted by molar-refractivity contribution is 7.92. The van der Waals surface area contributed by atoms with Gasteiger partial charge in [-0.2, -0.15) is 0 Å². The molecule has 1 atom stereocenters. The van der Waals surface area contributed by atoms with Gasteiger partial charge in [0.15, 0.2) is 0 Å². The van der Waals surface area contributed by atoms with Crippen molar-refractivity contribution in [1.29, 1.82) is 0 Å². The molecule has 0 unspecified atom stereocenters. The van der Waals surface area contributed by atoms with E-state index in [0.717, 1.165) is 21.7 Å². The fourth-order valence-corrected chi connectivity index (χ4v) is 5.23. The van der Waals surface area contributed by atoms with Gasteiger partial charge in [-0.1, -0.05) is 72.3 Å². The fraction of sp³-hybridized carbons (Fsp3) is 0.310. The van der Waals surface area contributed by atoms with E-state index in [4.69, 9.17) is 16.3 Å². The molecule has 0 saturated heterocycles. The zero-order chi connectivity index (χ0) is 28.6. The lowest BCUT2D eigenvalue weighted by Crippen LogP contribution is -2.54. The van der Waals surface area contributed by atoms with Crippen LogP contribution < -0.4 is 14.4 Å². The Kier molecular flexibility index (Phi) is 10.4.